The van der Waals surface area contributed by atoms with E-state index in [2.05, 4.69) is 15.1 Å². The van der Waals surface area contributed by atoms with Crippen LogP contribution in [0.3, 0.4) is 0 Å². The van der Waals surface area contributed by atoms with E-state index < -0.39 is 0 Å². The van der Waals surface area contributed by atoms with E-state index in [1.807, 2.05) is 25.1 Å². The molecule has 0 N–H and O–H groups in total. The molecule has 148 valence electrons. The molecule has 8 nitrogen and oxygen atoms in total. The van der Waals surface area contributed by atoms with E-state index in [0.29, 0.717) is 36.6 Å². The van der Waals surface area contributed by atoms with Crippen LogP contribution in [0.2, 0.25) is 0 Å². The van der Waals surface area contributed by atoms with Crippen molar-refractivity contribution in [2.45, 2.75) is 32.3 Å². The van der Waals surface area contributed by atoms with Crippen LogP contribution >= 0.6 is 0 Å². The fraction of sp³-hybridized carbons (Fsp3) is 0.381. The van der Waals surface area contributed by atoms with Crippen LogP contribution in [-0.2, 0) is 0 Å². The predicted octanol–water partition coefficient (Wildman–Crippen LogP) is 2.32. The van der Waals surface area contributed by atoms with Gasteiger partial charge in [0.1, 0.15) is 11.9 Å². The Kier molecular flexibility index (Phi) is 4.26. The summed E-state index contributed by atoms with van der Waals surface area (Å²) in [6.45, 7) is 3.14. The third-order valence-corrected chi connectivity index (χ3v) is 5.68. The Hall–Kier alpha value is -3.29. The average molecular weight is 391 g/mol. The molecular formula is C21H21N5O3. The molecule has 4 heterocycles. The monoisotopic (exact) mass is 391 g/mol. The standard InChI is InChI=1S/C21H21N5O3/c1-13-5-6-17-15(10-13)16(27)11-18(29-17)14-4-2-8-25(12-14)20(28)19-23-21-22-7-3-9-26(21)24-19/h3,5-7,9-10,14,18H,2,4,8,11-12H2,1H3. The van der Waals surface area contributed by atoms with Gasteiger partial charge in [-0.05, 0) is 38.0 Å². The van der Waals surface area contributed by atoms with Gasteiger partial charge in [-0.2, -0.15) is 4.98 Å². The molecule has 1 aromatic carbocycles. The van der Waals surface area contributed by atoms with Crippen LogP contribution < -0.4 is 4.74 Å². The minimum Gasteiger partial charge on any atom is -0.489 e. The third-order valence-electron chi connectivity index (χ3n) is 5.68. The summed E-state index contributed by atoms with van der Waals surface area (Å²) in [5, 5.41) is 4.24. The number of aryl methyl sites for hydroxylation is 1. The zero-order chi connectivity index (χ0) is 20.0. The number of benzene rings is 1. The van der Waals surface area contributed by atoms with Gasteiger partial charge < -0.3 is 9.64 Å². The minimum atomic E-state index is -0.219. The van der Waals surface area contributed by atoms with Crippen molar-refractivity contribution >= 4 is 17.5 Å². The number of ether oxygens (including phenoxy) is 1. The number of piperidine rings is 1. The molecule has 5 rings (SSSR count). The normalized spacial score (nSPS) is 21.7. The summed E-state index contributed by atoms with van der Waals surface area (Å²) in [5.41, 5.74) is 1.70. The van der Waals surface area contributed by atoms with Gasteiger partial charge in [0.05, 0.1) is 5.56 Å². The molecule has 0 aliphatic carbocycles. The summed E-state index contributed by atoms with van der Waals surface area (Å²) >= 11 is 0. The summed E-state index contributed by atoms with van der Waals surface area (Å²) in [5.74, 6) is 1.19. The molecule has 0 spiro atoms. The first-order chi connectivity index (χ1) is 14.1. The van der Waals surface area contributed by atoms with E-state index in [1.54, 1.807) is 23.4 Å². The Bertz CT molecular complexity index is 1080. The van der Waals surface area contributed by atoms with Crippen molar-refractivity contribution in [3.63, 3.8) is 0 Å². The first-order valence-electron chi connectivity index (χ1n) is 9.85. The third kappa shape index (κ3) is 3.24. The number of amides is 1. The van der Waals surface area contributed by atoms with Crippen molar-refractivity contribution in [1.82, 2.24) is 24.5 Å². The largest absolute Gasteiger partial charge is 0.489 e. The predicted molar refractivity (Wildman–Crippen MR) is 104 cm³/mol. The lowest BCUT2D eigenvalue weighted by Gasteiger charge is -2.38. The highest BCUT2D eigenvalue weighted by atomic mass is 16.5. The second kappa shape index (κ2) is 6.95. The van der Waals surface area contributed by atoms with Gasteiger partial charge in [-0.3, -0.25) is 9.59 Å². The molecule has 1 amide bonds. The van der Waals surface area contributed by atoms with E-state index in [-0.39, 0.29) is 29.5 Å². The number of aromatic nitrogens is 4. The summed E-state index contributed by atoms with van der Waals surface area (Å²) < 4.78 is 7.67. The number of fused-ring (bicyclic) bond motifs is 2. The Morgan fingerprint density at radius 1 is 1.31 bits per heavy atom. The van der Waals surface area contributed by atoms with Crippen molar-refractivity contribution in [2.24, 2.45) is 5.92 Å². The SMILES string of the molecule is Cc1ccc2c(c1)C(=O)CC(C1CCCN(C(=O)c3nc4ncccn4n3)C1)O2. The zero-order valence-corrected chi connectivity index (χ0v) is 16.1. The molecule has 2 unspecified atom stereocenters. The van der Waals surface area contributed by atoms with E-state index in [9.17, 15) is 9.59 Å². The Labute approximate surface area is 167 Å². The van der Waals surface area contributed by atoms with Gasteiger partial charge in [-0.1, -0.05) is 11.6 Å². The number of carbonyl (C=O) groups is 2. The number of hydrogen-bond donors (Lipinski definition) is 0. The summed E-state index contributed by atoms with van der Waals surface area (Å²) in [6.07, 6.45) is 5.24. The van der Waals surface area contributed by atoms with Gasteiger partial charge in [0.15, 0.2) is 5.78 Å². The molecule has 0 bridgehead atoms. The van der Waals surface area contributed by atoms with Gasteiger partial charge in [-0.15, -0.1) is 5.10 Å². The molecule has 1 fully saturated rings. The molecule has 1 saturated heterocycles. The van der Waals surface area contributed by atoms with Gasteiger partial charge in [-0.25, -0.2) is 9.50 Å². The fourth-order valence-electron chi connectivity index (χ4n) is 4.19. The highest BCUT2D eigenvalue weighted by Crippen LogP contribution is 2.34. The second-order valence-corrected chi connectivity index (χ2v) is 7.74. The quantitative estimate of drug-likeness (QED) is 0.666. The van der Waals surface area contributed by atoms with Crippen LogP contribution in [0.25, 0.3) is 5.78 Å². The first kappa shape index (κ1) is 17.8. The lowest BCUT2D eigenvalue weighted by Crippen LogP contribution is -2.46. The maximum atomic E-state index is 12.9. The van der Waals surface area contributed by atoms with Gasteiger partial charge in [0.2, 0.25) is 5.82 Å². The maximum Gasteiger partial charge on any atom is 0.293 e. The second-order valence-electron chi connectivity index (χ2n) is 7.74. The molecule has 2 aliphatic rings. The van der Waals surface area contributed by atoms with Gasteiger partial charge >= 0.3 is 0 Å². The Morgan fingerprint density at radius 2 is 2.21 bits per heavy atom. The molecule has 2 aliphatic heterocycles. The lowest BCUT2D eigenvalue weighted by atomic mass is 9.86. The topological polar surface area (TPSA) is 89.7 Å². The number of Topliss-reactive ketones (excluding diaryl/α,β-unsaturated/α-hetero) is 1. The lowest BCUT2D eigenvalue weighted by molar-refractivity contribution is 0.0402. The smallest absolute Gasteiger partial charge is 0.293 e. The fourth-order valence-corrected chi connectivity index (χ4v) is 4.19. The number of carbonyl (C=O) groups excluding carboxylic acids is 2. The number of rotatable bonds is 2. The molecule has 0 saturated carbocycles. The van der Waals surface area contributed by atoms with Crippen LogP contribution in [0.4, 0.5) is 0 Å². The molecule has 29 heavy (non-hydrogen) atoms. The van der Waals surface area contributed by atoms with Gasteiger partial charge in [0.25, 0.3) is 11.7 Å². The molecule has 8 heteroatoms. The van der Waals surface area contributed by atoms with Crippen molar-refractivity contribution in [1.29, 1.82) is 0 Å². The molecule has 2 atom stereocenters. The van der Waals surface area contributed by atoms with Crippen LogP contribution in [0.1, 0.15) is 45.8 Å². The Morgan fingerprint density at radius 3 is 3.07 bits per heavy atom. The number of hydrogen-bond acceptors (Lipinski definition) is 6. The average Bonchev–Trinajstić information content (AvgIpc) is 3.18. The molecule has 3 aromatic rings. The summed E-state index contributed by atoms with van der Waals surface area (Å²) in [4.78, 5) is 35.7. The van der Waals surface area contributed by atoms with E-state index in [0.717, 1.165) is 18.4 Å². The van der Waals surface area contributed by atoms with Gasteiger partial charge in [0, 0.05) is 37.8 Å². The maximum absolute atomic E-state index is 12.9. The van der Waals surface area contributed by atoms with Crippen molar-refractivity contribution in [2.75, 3.05) is 13.1 Å². The van der Waals surface area contributed by atoms with Crippen LogP contribution in [0, 0.1) is 12.8 Å². The Balaban J connectivity index is 1.33. The summed E-state index contributed by atoms with van der Waals surface area (Å²) in [7, 11) is 0. The van der Waals surface area contributed by atoms with E-state index in [4.69, 9.17) is 4.74 Å². The highest BCUT2D eigenvalue weighted by molar-refractivity contribution is 6.00. The number of nitrogens with zero attached hydrogens (tertiary/aromatic N) is 5. The van der Waals surface area contributed by atoms with E-state index in [1.165, 1.54) is 4.52 Å². The molecule has 0 radical (unpaired) electrons. The van der Waals surface area contributed by atoms with Crippen molar-refractivity contribution < 1.29 is 14.3 Å². The van der Waals surface area contributed by atoms with Crippen molar-refractivity contribution in [3.05, 3.63) is 53.6 Å². The van der Waals surface area contributed by atoms with Crippen LogP contribution in [0.15, 0.2) is 36.7 Å². The molecule has 2 aromatic heterocycles. The zero-order valence-electron chi connectivity index (χ0n) is 16.1. The van der Waals surface area contributed by atoms with Crippen LogP contribution in [0.5, 0.6) is 5.75 Å². The number of ketones is 1. The summed E-state index contributed by atoms with van der Waals surface area (Å²) in [6, 6.07) is 7.44. The number of likely N-dealkylation sites (tertiary alicyclic amines) is 1. The molecular weight excluding hydrogens is 370 g/mol. The van der Waals surface area contributed by atoms with E-state index >= 15 is 0 Å². The van der Waals surface area contributed by atoms with Crippen molar-refractivity contribution in [3.8, 4) is 5.75 Å². The minimum absolute atomic E-state index is 0.0984. The highest BCUT2D eigenvalue weighted by Gasteiger charge is 2.36. The van der Waals surface area contributed by atoms with Crippen LogP contribution in [-0.4, -0.2) is 55.4 Å². The first-order valence-corrected chi connectivity index (χ1v) is 9.85.